The summed E-state index contributed by atoms with van der Waals surface area (Å²) < 4.78 is 47.8. The zero-order valence-electron chi connectivity index (χ0n) is 64.1. The Morgan fingerprint density at radius 2 is 0.839 bits per heavy atom. The van der Waals surface area contributed by atoms with Gasteiger partial charge in [0, 0.05) is 144 Å². The summed E-state index contributed by atoms with van der Waals surface area (Å²) in [5.41, 5.74) is 8.32. The van der Waals surface area contributed by atoms with Crippen LogP contribution in [0.25, 0.3) is 0 Å². The third-order valence-electron chi connectivity index (χ3n) is 9.47. The number of hydrogen-bond acceptors (Lipinski definition) is 23. The molecule has 634 valence electrons. The number of amides is 4. The first kappa shape index (κ1) is 123. The van der Waals surface area contributed by atoms with Crippen LogP contribution in [0.3, 0.4) is 0 Å². The van der Waals surface area contributed by atoms with Gasteiger partial charge in [-0.25, -0.2) is 29.5 Å². The lowest BCUT2D eigenvalue weighted by Gasteiger charge is -2.26. The summed E-state index contributed by atoms with van der Waals surface area (Å²) in [4.78, 5) is 122. The summed E-state index contributed by atoms with van der Waals surface area (Å²) in [7, 11) is 6.24. The standard InChI is InChI=1S/C17H24IN3O4.C13H18INO3.C8H16O3.C7H9IN2O.2C5H8BrNO.C5H3FIN.C4H4BrClO.C4H5BrO2.C2Cl2O2.CH5N.ClH/c1-17(2,3)25-16(23)21(9-5-6-14(22)19-4)10-11-24-15-8-7-13(18)12-20-15;1-13(2,3)18-12(16)5-4-8-17-11-7-6-10(14)9-15-11;1-8(2,3)11-7(10)5-4-6-9;8-6-1-2-7(10-5-6)11-4-3-9;2*1-7-5(8)3-2-4-6;6-5-2-1-4(7)3-8-5;2*5-3-1-2-4(6)7;3-1(5)2(4)6;1-2;/h5-8,12H,9-11H2,1-4H3,(H,19,22);6-7,9H,4-5,8H2,1-3H3;9H,4-6H2,1-3H3;1-2,5H,3-4,9H2;2*2-3H,4H2,1H3,(H,7,8);1-3H;1-2H,3H2;1-2H,3H2,(H,6,7);;2H2,1H3;1H/b6-5+;;;;2*3-2+;;2*2-1+;;;. The molecule has 4 rings (SSSR count). The zero-order valence-corrected chi connectivity index (χ0v) is 82.1. The van der Waals surface area contributed by atoms with Crippen molar-refractivity contribution >= 4 is 259 Å². The maximum absolute atomic E-state index is 12.3. The number of aliphatic hydroxyl groups excluding tert-OH is 1. The molecule has 0 unspecified atom stereocenters. The van der Waals surface area contributed by atoms with Crippen molar-refractivity contribution in [3.63, 3.8) is 0 Å². The predicted octanol–water partition coefficient (Wildman–Crippen LogP) is 14.3. The maximum atomic E-state index is 12.3. The number of nitrogens with two attached hydrogens (primary N) is 2. The highest BCUT2D eigenvalue weighted by molar-refractivity contribution is 14.1. The number of carbonyl (C=O) groups excluding carboxylic acids is 9. The number of carboxylic acids is 1. The Balaban J connectivity index is -0.000000185. The van der Waals surface area contributed by atoms with E-state index in [9.17, 15) is 52.3 Å². The fourth-order valence-corrected chi connectivity index (χ4v) is 7.35. The number of aliphatic hydroxyl groups is 1. The summed E-state index contributed by atoms with van der Waals surface area (Å²) in [6.07, 6.45) is 22.9. The van der Waals surface area contributed by atoms with Crippen LogP contribution in [0.5, 0.6) is 17.6 Å². The molecule has 0 atom stereocenters. The van der Waals surface area contributed by atoms with Crippen molar-refractivity contribution in [3.8, 4) is 17.6 Å². The third-order valence-corrected chi connectivity index (χ3v) is 14.1. The fraction of sp³-hybridized carbons (Fsp3) is 0.437. The largest absolute Gasteiger partial charge is 0.478 e. The average molecular weight is 2370 g/mol. The van der Waals surface area contributed by atoms with Gasteiger partial charge in [0.1, 0.15) is 30.0 Å². The third kappa shape index (κ3) is 99.8. The van der Waals surface area contributed by atoms with Crippen LogP contribution in [-0.2, 0) is 57.4 Å². The molecule has 41 heteroatoms. The minimum atomic E-state index is -1.14. The number of likely N-dealkylation sites (N-methyl/N-ethyl adjacent to an activating group) is 3. The number of alkyl halides is 4. The van der Waals surface area contributed by atoms with Crippen molar-refractivity contribution < 1.29 is 91.0 Å². The van der Waals surface area contributed by atoms with Crippen LogP contribution in [0.2, 0.25) is 0 Å². The minimum absolute atomic E-state index is 0. The van der Waals surface area contributed by atoms with E-state index in [1.54, 1.807) is 96.9 Å². The Hall–Kier alpha value is -4.39. The summed E-state index contributed by atoms with van der Waals surface area (Å²) >= 11 is 34.9. The average Bonchev–Trinajstić information content (AvgIpc) is 0.936. The number of rotatable bonds is 27. The molecule has 0 fully saturated rings. The molecule has 28 nitrogen and oxygen atoms in total. The Kier molecular flexibility index (Phi) is 90.0. The molecule has 0 spiro atoms. The lowest BCUT2D eigenvalue weighted by atomic mass is 10.2. The Bertz CT molecular complexity index is 3260. The molecule has 4 aromatic heterocycles. The second-order valence-corrected chi connectivity index (χ2v) is 30.9. The molecular weight excluding hydrogens is 2270 g/mol. The summed E-state index contributed by atoms with van der Waals surface area (Å²) in [5, 5.41) is 23.7. The van der Waals surface area contributed by atoms with Crippen LogP contribution >= 0.6 is 201 Å². The molecule has 0 saturated heterocycles. The van der Waals surface area contributed by atoms with Crippen molar-refractivity contribution in [2.45, 2.75) is 105 Å². The van der Waals surface area contributed by atoms with E-state index >= 15 is 0 Å². The van der Waals surface area contributed by atoms with Gasteiger partial charge in [0.05, 0.1) is 13.2 Å². The van der Waals surface area contributed by atoms with Gasteiger partial charge >= 0.3 is 34.5 Å². The second-order valence-electron chi connectivity index (χ2n) is 22.3. The number of allylic oxidation sites excluding steroid dienone is 5. The van der Waals surface area contributed by atoms with E-state index in [0.717, 1.165) is 31.0 Å². The van der Waals surface area contributed by atoms with E-state index in [0.29, 0.717) is 80.3 Å². The van der Waals surface area contributed by atoms with Crippen molar-refractivity contribution in [2.24, 2.45) is 11.5 Å². The van der Waals surface area contributed by atoms with Crippen molar-refractivity contribution in [1.82, 2.24) is 40.8 Å². The number of carboxylic acid groups (broad SMARTS) is 1. The lowest BCUT2D eigenvalue weighted by molar-refractivity contribution is -0.156. The number of aliphatic carboxylic acids is 1. The van der Waals surface area contributed by atoms with Crippen molar-refractivity contribution in [3.05, 3.63) is 154 Å². The monoisotopic (exact) mass is 2360 g/mol. The van der Waals surface area contributed by atoms with Gasteiger partial charge in [-0.05, 0) is 256 Å². The highest BCUT2D eigenvalue weighted by atomic mass is 127. The number of carbonyl (C=O) groups is 10. The number of ether oxygens (including phenoxy) is 6. The van der Waals surface area contributed by atoms with Crippen LogP contribution in [0.15, 0.2) is 134 Å². The number of aromatic nitrogens is 4. The van der Waals surface area contributed by atoms with Gasteiger partial charge in [0.25, 0.3) is 0 Å². The van der Waals surface area contributed by atoms with Gasteiger partial charge in [-0.3, -0.25) is 38.4 Å². The first-order valence-electron chi connectivity index (χ1n) is 32.3. The van der Waals surface area contributed by atoms with Crippen molar-refractivity contribution in [2.75, 3.05) is 95.6 Å². The molecule has 0 bridgehead atoms. The lowest BCUT2D eigenvalue weighted by Crippen LogP contribution is -2.39. The molecule has 9 N–H and O–H groups in total. The number of nitrogens with one attached hydrogen (secondary N) is 3. The predicted molar refractivity (Wildman–Crippen MR) is 489 cm³/mol. The molecule has 4 heterocycles. The zero-order chi connectivity index (χ0) is 86.8. The second kappa shape index (κ2) is 81.7. The number of pyridine rings is 4. The Labute approximate surface area is 765 Å². The Morgan fingerprint density at radius 3 is 1.11 bits per heavy atom. The van der Waals surface area contributed by atoms with Gasteiger partial charge in [0.15, 0.2) is 0 Å². The number of halogens is 13. The van der Waals surface area contributed by atoms with Crippen LogP contribution < -0.4 is 41.6 Å². The summed E-state index contributed by atoms with van der Waals surface area (Å²) in [6, 6.07) is 14.2. The topological polar surface area (TPSA) is 409 Å². The van der Waals surface area contributed by atoms with Crippen molar-refractivity contribution in [1.29, 1.82) is 0 Å². The summed E-state index contributed by atoms with van der Waals surface area (Å²) in [5.74, 6) is -0.420. The van der Waals surface area contributed by atoms with E-state index in [1.807, 2.05) is 71.9 Å². The minimum Gasteiger partial charge on any atom is -0.478 e. The molecule has 4 aromatic rings. The van der Waals surface area contributed by atoms with E-state index in [-0.39, 0.29) is 61.8 Å². The highest BCUT2D eigenvalue weighted by Crippen LogP contribution is 2.15. The van der Waals surface area contributed by atoms with E-state index < -0.39 is 50.5 Å². The SMILES string of the molecule is CC(C)(C)OC(=O)CCCO.CC(C)(C)OC(=O)CCCOc1ccc(I)cn1.CN.CNC(=O)/C=C/CBr.CNC(=O)/C=C/CBr.CNC(=O)/C=C/CN(CCOc1ccc(I)cn1)C(=O)OC(C)(C)C.Cl.Fc1ccc(I)cn1.NCCOc1ccc(I)cn1.O=C(Cl)/C=C/CBr.O=C(Cl)C(=O)Cl.O=C(O)/C=C/CBr. The molecule has 0 aliphatic carbocycles. The molecule has 112 heavy (non-hydrogen) atoms. The van der Waals surface area contributed by atoms with Gasteiger partial charge in [0.2, 0.25) is 46.6 Å². The molecule has 4 amide bonds. The Morgan fingerprint density at radius 1 is 0.509 bits per heavy atom. The van der Waals surface area contributed by atoms with Crippen LogP contribution in [-0.4, -0.2) is 205 Å². The van der Waals surface area contributed by atoms with Gasteiger partial charge in [-0.1, -0.05) is 94.1 Å². The van der Waals surface area contributed by atoms with Crippen LogP contribution in [0.4, 0.5) is 9.18 Å². The van der Waals surface area contributed by atoms with E-state index in [1.165, 1.54) is 54.6 Å². The molecule has 0 radical (unpaired) electrons. The fourth-order valence-electron chi connectivity index (χ4n) is 5.23. The van der Waals surface area contributed by atoms with Gasteiger partial charge in [-0.2, -0.15) is 4.39 Å². The van der Waals surface area contributed by atoms with Crippen LogP contribution in [0, 0.1) is 20.2 Å². The number of esters is 2. The van der Waals surface area contributed by atoms with E-state index in [2.05, 4.69) is 219 Å². The molecule has 0 aromatic carbocycles. The normalized spacial score (nSPS) is 10.1. The quantitative estimate of drug-likeness (QED) is 0.00335. The molecule has 0 aliphatic heterocycles. The molecule has 0 aliphatic rings. The van der Waals surface area contributed by atoms with Gasteiger partial charge < -0.3 is 71.0 Å². The van der Waals surface area contributed by atoms with E-state index in [4.69, 9.17) is 56.0 Å². The van der Waals surface area contributed by atoms with Crippen LogP contribution in [0.1, 0.15) is 88.0 Å². The molecular formula is C71H101Br4Cl4FI4N10O18. The first-order valence-corrected chi connectivity index (χ1v) is 42.2. The van der Waals surface area contributed by atoms with Gasteiger partial charge in [-0.15, -0.1) is 12.4 Å². The smallest absolute Gasteiger partial charge is 0.410 e. The number of hydrogen-bond donors (Lipinski definition) is 7. The maximum Gasteiger partial charge on any atom is 0.410 e. The first-order chi connectivity index (χ1) is 51.9. The molecule has 0 saturated carbocycles. The number of nitrogens with zero attached hydrogens (tertiary/aromatic N) is 5. The highest BCUT2D eigenvalue weighted by Gasteiger charge is 2.22. The summed E-state index contributed by atoms with van der Waals surface area (Å²) in [6.45, 7) is 18.8.